The van der Waals surface area contributed by atoms with Gasteiger partial charge in [-0.15, -0.1) is 0 Å². The van der Waals surface area contributed by atoms with Crippen LogP contribution in [0.3, 0.4) is 0 Å². The van der Waals surface area contributed by atoms with Gasteiger partial charge in [-0.2, -0.15) is 8.78 Å². The van der Waals surface area contributed by atoms with Gasteiger partial charge in [0.2, 0.25) is 11.8 Å². The highest BCUT2D eigenvalue weighted by atomic mass is 35.5. The lowest BCUT2D eigenvalue weighted by Crippen LogP contribution is -2.37. The number of amides is 2. The van der Waals surface area contributed by atoms with Gasteiger partial charge in [-0.3, -0.25) is 14.5 Å². The number of hydrogen-bond acceptors (Lipinski definition) is 4. The number of nitrogens with one attached hydrogen (secondary N) is 1. The molecule has 1 aliphatic heterocycles. The third-order valence-corrected chi connectivity index (χ3v) is 4.13. The molecule has 0 radical (unpaired) electrons. The predicted octanol–water partition coefficient (Wildman–Crippen LogP) is 2.43. The van der Waals surface area contributed by atoms with E-state index in [-0.39, 0.29) is 29.1 Å². The van der Waals surface area contributed by atoms with E-state index < -0.39 is 6.61 Å². The van der Waals surface area contributed by atoms with Crippen LogP contribution in [0.4, 0.5) is 14.5 Å². The summed E-state index contributed by atoms with van der Waals surface area (Å²) in [7, 11) is 0. The van der Waals surface area contributed by atoms with Gasteiger partial charge in [0.25, 0.3) is 0 Å². The van der Waals surface area contributed by atoms with E-state index in [1.165, 1.54) is 25.1 Å². The average Bonchev–Trinajstić information content (AvgIpc) is 2.75. The number of halogens is 3. The molecule has 0 bridgehead atoms. The van der Waals surface area contributed by atoms with Crippen LogP contribution >= 0.6 is 11.6 Å². The van der Waals surface area contributed by atoms with Crippen molar-refractivity contribution in [3.63, 3.8) is 0 Å². The van der Waals surface area contributed by atoms with Crippen LogP contribution in [0.1, 0.15) is 13.3 Å². The third kappa shape index (κ3) is 6.13. The average molecular weight is 376 g/mol. The number of nitrogens with zero attached hydrogens (tertiary/aromatic N) is 2. The molecular formula is C16H20ClF2N3O3. The largest absolute Gasteiger partial charge is 0.433 e. The van der Waals surface area contributed by atoms with Gasteiger partial charge >= 0.3 is 6.61 Å². The predicted molar refractivity (Wildman–Crippen MR) is 90.0 cm³/mol. The Kier molecular flexibility index (Phi) is 6.95. The fourth-order valence-corrected chi connectivity index (χ4v) is 2.84. The monoisotopic (exact) mass is 375 g/mol. The number of carbonyl (C=O) groups excluding carboxylic acids is 2. The van der Waals surface area contributed by atoms with Crippen molar-refractivity contribution in [1.29, 1.82) is 0 Å². The fourth-order valence-electron chi connectivity index (χ4n) is 2.62. The Morgan fingerprint density at radius 2 is 2.04 bits per heavy atom. The van der Waals surface area contributed by atoms with Crippen LogP contribution in [0.15, 0.2) is 18.2 Å². The lowest BCUT2D eigenvalue weighted by molar-refractivity contribution is -0.128. The Labute approximate surface area is 149 Å². The summed E-state index contributed by atoms with van der Waals surface area (Å²) in [4.78, 5) is 27.3. The second-order valence-corrected chi connectivity index (χ2v) is 6.11. The Morgan fingerprint density at radius 1 is 1.28 bits per heavy atom. The van der Waals surface area contributed by atoms with Crippen LogP contribution in [-0.4, -0.2) is 60.9 Å². The zero-order chi connectivity index (χ0) is 18.4. The second kappa shape index (κ2) is 8.96. The van der Waals surface area contributed by atoms with E-state index in [4.69, 9.17) is 11.6 Å². The van der Waals surface area contributed by atoms with Crippen LogP contribution in [0.2, 0.25) is 5.02 Å². The molecule has 0 unspecified atom stereocenters. The summed E-state index contributed by atoms with van der Waals surface area (Å²) in [6, 6.07) is 4.08. The van der Waals surface area contributed by atoms with E-state index >= 15 is 0 Å². The van der Waals surface area contributed by atoms with Gasteiger partial charge in [0.1, 0.15) is 5.75 Å². The number of carbonyl (C=O) groups is 2. The first kappa shape index (κ1) is 19.4. The molecule has 1 saturated heterocycles. The van der Waals surface area contributed by atoms with Crippen molar-refractivity contribution >= 4 is 29.1 Å². The molecule has 25 heavy (non-hydrogen) atoms. The minimum Gasteiger partial charge on any atom is -0.433 e. The van der Waals surface area contributed by atoms with Crippen molar-refractivity contribution in [3.8, 4) is 5.75 Å². The van der Waals surface area contributed by atoms with E-state index in [0.29, 0.717) is 25.3 Å². The number of benzene rings is 1. The Bertz CT molecular complexity index is 631. The van der Waals surface area contributed by atoms with Crippen molar-refractivity contribution in [2.24, 2.45) is 0 Å². The quantitative estimate of drug-likeness (QED) is 0.858. The van der Waals surface area contributed by atoms with Gasteiger partial charge in [0, 0.05) is 38.8 Å². The standard InChI is InChI=1S/C16H20ClF2N3O3/c1-11(23)22-6-2-5-21(7-8-22)10-15(24)20-12-3-4-14(13(17)9-12)25-16(18)19/h3-4,9,16H,2,5-8,10H2,1H3,(H,20,24). The Morgan fingerprint density at radius 3 is 2.68 bits per heavy atom. The first-order chi connectivity index (χ1) is 11.8. The molecule has 1 aromatic rings. The molecule has 138 valence electrons. The fraction of sp³-hybridized carbons (Fsp3) is 0.500. The van der Waals surface area contributed by atoms with Crippen LogP contribution in [0.5, 0.6) is 5.75 Å². The first-order valence-electron chi connectivity index (χ1n) is 7.87. The van der Waals surface area contributed by atoms with Gasteiger partial charge in [0.15, 0.2) is 0 Å². The first-order valence-corrected chi connectivity index (χ1v) is 8.25. The van der Waals surface area contributed by atoms with Gasteiger partial charge in [-0.25, -0.2) is 0 Å². The number of rotatable bonds is 5. The molecule has 2 amide bonds. The number of hydrogen-bond donors (Lipinski definition) is 1. The number of ether oxygens (including phenoxy) is 1. The van der Waals surface area contributed by atoms with Crippen molar-refractivity contribution in [3.05, 3.63) is 23.2 Å². The molecule has 0 aromatic heterocycles. The van der Waals surface area contributed by atoms with E-state index in [9.17, 15) is 18.4 Å². The highest BCUT2D eigenvalue weighted by Gasteiger charge is 2.18. The van der Waals surface area contributed by atoms with Crippen LogP contribution in [0, 0.1) is 0 Å². The van der Waals surface area contributed by atoms with Crippen LogP contribution in [0.25, 0.3) is 0 Å². The van der Waals surface area contributed by atoms with E-state index in [1.807, 2.05) is 4.90 Å². The van der Waals surface area contributed by atoms with E-state index in [2.05, 4.69) is 10.1 Å². The van der Waals surface area contributed by atoms with Gasteiger partial charge < -0.3 is 15.0 Å². The molecule has 1 fully saturated rings. The second-order valence-electron chi connectivity index (χ2n) is 5.71. The molecule has 1 heterocycles. The van der Waals surface area contributed by atoms with Gasteiger partial charge in [-0.1, -0.05) is 11.6 Å². The maximum absolute atomic E-state index is 12.2. The molecule has 0 saturated carbocycles. The highest BCUT2D eigenvalue weighted by molar-refractivity contribution is 6.32. The zero-order valence-corrected chi connectivity index (χ0v) is 14.6. The van der Waals surface area contributed by atoms with E-state index in [1.54, 1.807) is 4.90 Å². The van der Waals surface area contributed by atoms with Crippen molar-refractivity contribution < 1.29 is 23.1 Å². The lowest BCUT2D eigenvalue weighted by Gasteiger charge is -2.20. The SMILES string of the molecule is CC(=O)N1CCCN(CC(=O)Nc2ccc(OC(F)F)c(Cl)c2)CC1. The Hall–Kier alpha value is -1.93. The maximum Gasteiger partial charge on any atom is 0.387 e. The molecule has 0 spiro atoms. The molecule has 9 heteroatoms. The summed E-state index contributed by atoms with van der Waals surface area (Å²) >= 11 is 5.86. The van der Waals surface area contributed by atoms with Gasteiger partial charge in [0.05, 0.1) is 11.6 Å². The molecule has 2 rings (SSSR count). The van der Waals surface area contributed by atoms with E-state index in [0.717, 1.165) is 13.0 Å². The summed E-state index contributed by atoms with van der Waals surface area (Å²) in [5.74, 6) is -0.353. The molecule has 1 aliphatic rings. The van der Waals surface area contributed by atoms with Crippen molar-refractivity contribution in [1.82, 2.24) is 9.80 Å². The number of alkyl halides is 2. The van der Waals surface area contributed by atoms with Crippen LogP contribution < -0.4 is 10.1 Å². The third-order valence-electron chi connectivity index (χ3n) is 3.83. The summed E-state index contributed by atoms with van der Waals surface area (Å²) in [5, 5.41) is 2.67. The Balaban J connectivity index is 1.87. The molecule has 6 nitrogen and oxygen atoms in total. The summed E-state index contributed by atoms with van der Waals surface area (Å²) in [6.07, 6.45) is 0.804. The molecule has 1 N–H and O–H groups in total. The minimum absolute atomic E-state index is 0.00928. The minimum atomic E-state index is -2.96. The molecule has 1 aromatic carbocycles. The van der Waals surface area contributed by atoms with Crippen LogP contribution in [-0.2, 0) is 9.59 Å². The number of anilines is 1. The highest BCUT2D eigenvalue weighted by Crippen LogP contribution is 2.28. The molecule has 0 atom stereocenters. The summed E-state index contributed by atoms with van der Waals surface area (Å²) in [6.45, 7) is 1.37. The summed E-state index contributed by atoms with van der Waals surface area (Å²) in [5.41, 5.74) is 0.400. The smallest absolute Gasteiger partial charge is 0.387 e. The topological polar surface area (TPSA) is 61.9 Å². The normalized spacial score (nSPS) is 15.8. The zero-order valence-electron chi connectivity index (χ0n) is 13.8. The van der Waals surface area contributed by atoms with Gasteiger partial charge in [-0.05, 0) is 24.6 Å². The lowest BCUT2D eigenvalue weighted by atomic mass is 10.3. The molecule has 0 aliphatic carbocycles. The summed E-state index contributed by atoms with van der Waals surface area (Å²) < 4.78 is 28.7. The van der Waals surface area contributed by atoms with Crippen molar-refractivity contribution in [2.75, 3.05) is 38.0 Å². The molecular weight excluding hydrogens is 356 g/mol. The maximum atomic E-state index is 12.2. The van der Waals surface area contributed by atoms with Crippen molar-refractivity contribution in [2.45, 2.75) is 20.0 Å².